The minimum atomic E-state index is -0.489. The molecule has 0 saturated carbocycles. The summed E-state index contributed by atoms with van der Waals surface area (Å²) in [5, 5.41) is 9.80. The van der Waals surface area contributed by atoms with Crippen LogP contribution < -0.4 is 0 Å². The third-order valence-corrected chi connectivity index (χ3v) is 2.67. The summed E-state index contributed by atoms with van der Waals surface area (Å²) in [5.41, 5.74) is 3.11. The Kier molecular flexibility index (Phi) is 3.72. The smallest absolute Gasteiger partial charge is 0.0984 e. The maximum absolute atomic E-state index is 9.80. The predicted molar refractivity (Wildman–Crippen MR) is 62.1 cm³/mol. The van der Waals surface area contributed by atoms with Gasteiger partial charge in [0.05, 0.1) is 25.9 Å². The third-order valence-electron chi connectivity index (χ3n) is 2.67. The Morgan fingerprint density at radius 1 is 1.25 bits per heavy atom. The van der Waals surface area contributed by atoms with Gasteiger partial charge in [0.25, 0.3) is 0 Å². The van der Waals surface area contributed by atoms with Crippen molar-refractivity contribution in [3.63, 3.8) is 0 Å². The lowest BCUT2D eigenvalue weighted by Gasteiger charge is -2.06. The summed E-state index contributed by atoms with van der Waals surface area (Å²) in [6, 6.07) is 7.86. The highest BCUT2D eigenvalue weighted by Crippen LogP contribution is 2.33. The van der Waals surface area contributed by atoms with Crippen molar-refractivity contribution in [2.24, 2.45) is 0 Å². The first kappa shape index (κ1) is 11.3. The van der Waals surface area contributed by atoms with E-state index in [2.05, 4.69) is 0 Å². The van der Waals surface area contributed by atoms with Gasteiger partial charge in [0.2, 0.25) is 0 Å². The molecule has 0 bridgehead atoms. The zero-order valence-electron chi connectivity index (χ0n) is 9.35. The minimum absolute atomic E-state index is 0.489. The van der Waals surface area contributed by atoms with E-state index in [1.165, 1.54) is 0 Å². The first-order valence-corrected chi connectivity index (χ1v) is 5.37. The normalized spacial score (nSPS) is 18.4. The molecule has 3 heteroatoms. The highest BCUT2D eigenvalue weighted by molar-refractivity contribution is 5.74. The van der Waals surface area contributed by atoms with Crippen LogP contribution in [-0.2, 0) is 9.47 Å². The van der Waals surface area contributed by atoms with Gasteiger partial charge in [-0.3, -0.25) is 0 Å². The van der Waals surface area contributed by atoms with E-state index in [0.29, 0.717) is 19.8 Å². The van der Waals surface area contributed by atoms with Gasteiger partial charge in [-0.05, 0) is 22.8 Å². The summed E-state index contributed by atoms with van der Waals surface area (Å²) in [6.45, 7) is 1.70. The number of aliphatic hydroxyl groups is 1. The fourth-order valence-corrected chi connectivity index (χ4v) is 1.87. The Balaban J connectivity index is 1.99. The maximum atomic E-state index is 9.80. The minimum Gasteiger partial charge on any atom is -0.384 e. The van der Waals surface area contributed by atoms with Gasteiger partial charge >= 0.3 is 0 Å². The molecule has 1 aromatic carbocycles. The Hall–Kier alpha value is -1.16. The number of benzene rings is 1. The third kappa shape index (κ3) is 2.32. The standard InChI is InChI=1S/C13H16O3/c1-15-6-7-16-9-10-8-13(14)12-5-3-2-4-11(10)12/h2-5,8,13-14H,6-7,9H2,1H3. The number of methoxy groups -OCH3 is 1. The van der Waals surface area contributed by atoms with Crippen LogP contribution in [0.15, 0.2) is 30.3 Å². The Morgan fingerprint density at radius 2 is 2.06 bits per heavy atom. The van der Waals surface area contributed by atoms with E-state index in [4.69, 9.17) is 9.47 Å². The number of fused-ring (bicyclic) bond motifs is 1. The fourth-order valence-electron chi connectivity index (χ4n) is 1.87. The van der Waals surface area contributed by atoms with Gasteiger partial charge in [-0.2, -0.15) is 0 Å². The van der Waals surface area contributed by atoms with Crippen LogP contribution in [0.4, 0.5) is 0 Å². The van der Waals surface area contributed by atoms with E-state index < -0.39 is 6.10 Å². The molecule has 2 rings (SSSR count). The van der Waals surface area contributed by atoms with E-state index >= 15 is 0 Å². The van der Waals surface area contributed by atoms with Crippen molar-refractivity contribution >= 4 is 5.57 Å². The summed E-state index contributed by atoms with van der Waals surface area (Å²) >= 11 is 0. The lowest BCUT2D eigenvalue weighted by Crippen LogP contribution is -2.03. The molecule has 1 atom stereocenters. The summed E-state index contributed by atoms with van der Waals surface area (Å²) in [5.74, 6) is 0. The molecule has 0 aliphatic heterocycles. The van der Waals surface area contributed by atoms with Crippen molar-refractivity contribution in [2.75, 3.05) is 26.9 Å². The van der Waals surface area contributed by atoms with Crippen LogP contribution in [0, 0.1) is 0 Å². The summed E-state index contributed by atoms with van der Waals surface area (Å²) < 4.78 is 10.4. The highest BCUT2D eigenvalue weighted by atomic mass is 16.5. The van der Waals surface area contributed by atoms with Crippen LogP contribution in [0.3, 0.4) is 0 Å². The van der Waals surface area contributed by atoms with Crippen molar-refractivity contribution < 1.29 is 14.6 Å². The lowest BCUT2D eigenvalue weighted by molar-refractivity contribution is 0.0877. The molecule has 0 radical (unpaired) electrons. The average Bonchev–Trinajstić information content (AvgIpc) is 2.63. The second kappa shape index (κ2) is 5.25. The van der Waals surface area contributed by atoms with Crippen LogP contribution >= 0.6 is 0 Å². The van der Waals surface area contributed by atoms with Crippen LogP contribution in [0.1, 0.15) is 17.2 Å². The van der Waals surface area contributed by atoms with Crippen LogP contribution in [-0.4, -0.2) is 32.0 Å². The van der Waals surface area contributed by atoms with E-state index in [0.717, 1.165) is 16.7 Å². The van der Waals surface area contributed by atoms with Gasteiger partial charge in [0.1, 0.15) is 0 Å². The van der Waals surface area contributed by atoms with Gasteiger partial charge < -0.3 is 14.6 Å². The molecule has 1 N–H and O–H groups in total. The number of aliphatic hydroxyl groups excluding tert-OH is 1. The molecule has 3 nitrogen and oxygen atoms in total. The predicted octanol–water partition coefficient (Wildman–Crippen LogP) is 1.78. The molecular formula is C13H16O3. The second-order valence-corrected chi connectivity index (χ2v) is 3.77. The highest BCUT2D eigenvalue weighted by Gasteiger charge is 2.20. The molecule has 16 heavy (non-hydrogen) atoms. The largest absolute Gasteiger partial charge is 0.384 e. The molecule has 0 amide bonds. The number of rotatable bonds is 5. The zero-order chi connectivity index (χ0) is 11.4. The number of hydrogen-bond acceptors (Lipinski definition) is 3. The van der Waals surface area contributed by atoms with E-state index in [1.54, 1.807) is 7.11 Å². The number of hydrogen-bond donors (Lipinski definition) is 1. The van der Waals surface area contributed by atoms with Crippen molar-refractivity contribution in [2.45, 2.75) is 6.10 Å². The van der Waals surface area contributed by atoms with Gasteiger partial charge in [0, 0.05) is 7.11 Å². The quantitative estimate of drug-likeness (QED) is 0.769. The zero-order valence-corrected chi connectivity index (χ0v) is 9.35. The monoisotopic (exact) mass is 220 g/mol. The summed E-state index contributed by atoms with van der Waals surface area (Å²) in [6.07, 6.45) is 1.36. The van der Waals surface area contributed by atoms with Gasteiger partial charge in [-0.25, -0.2) is 0 Å². The fraction of sp³-hybridized carbons (Fsp3) is 0.385. The van der Waals surface area contributed by atoms with Crippen LogP contribution in [0.2, 0.25) is 0 Å². The van der Waals surface area contributed by atoms with Crippen molar-refractivity contribution in [1.29, 1.82) is 0 Å². The van der Waals surface area contributed by atoms with Gasteiger partial charge in [-0.15, -0.1) is 0 Å². The summed E-state index contributed by atoms with van der Waals surface area (Å²) in [4.78, 5) is 0. The second-order valence-electron chi connectivity index (χ2n) is 3.77. The Bertz CT molecular complexity index is 385. The molecule has 1 aliphatic rings. The van der Waals surface area contributed by atoms with E-state index in [-0.39, 0.29) is 0 Å². The van der Waals surface area contributed by atoms with Crippen LogP contribution in [0.25, 0.3) is 5.57 Å². The van der Waals surface area contributed by atoms with Crippen LogP contribution in [0.5, 0.6) is 0 Å². The molecule has 86 valence electrons. The van der Waals surface area contributed by atoms with E-state index in [9.17, 15) is 5.11 Å². The number of ether oxygens (including phenoxy) is 2. The topological polar surface area (TPSA) is 38.7 Å². The molecule has 1 aromatic rings. The molecule has 1 aliphatic carbocycles. The van der Waals surface area contributed by atoms with Gasteiger partial charge in [-0.1, -0.05) is 24.3 Å². The SMILES string of the molecule is COCCOCC1=CC(O)c2ccccc21. The van der Waals surface area contributed by atoms with Crippen molar-refractivity contribution in [3.8, 4) is 0 Å². The molecule has 0 aromatic heterocycles. The lowest BCUT2D eigenvalue weighted by atomic mass is 10.1. The molecule has 0 fully saturated rings. The first-order valence-electron chi connectivity index (χ1n) is 5.37. The molecule has 0 heterocycles. The molecule has 1 unspecified atom stereocenters. The Labute approximate surface area is 95.3 Å². The van der Waals surface area contributed by atoms with E-state index in [1.807, 2.05) is 30.3 Å². The van der Waals surface area contributed by atoms with Gasteiger partial charge in [0.15, 0.2) is 0 Å². The Morgan fingerprint density at radius 3 is 2.88 bits per heavy atom. The van der Waals surface area contributed by atoms with Crippen molar-refractivity contribution in [1.82, 2.24) is 0 Å². The van der Waals surface area contributed by atoms with Crippen molar-refractivity contribution in [3.05, 3.63) is 41.5 Å². The first-order chi connectivity index (χ1) is 7.83. The summed E-state index contributed by atoms with van der Waals surface area (Å²) in [7, 11) is 1.65. The molecular weight excluding hydrogens is 204 g/mol. The molecule has 0 saturated heterocycles. The maximum Gasteiger partial charge on any atom is 0.0984 e. The molecule has 0 spiro atoms. The average molecular weight is 220 g/mol.